The number of rotatable bonds is 5. The van der Waals surface area contributed by atoms with Gasteiger partial charge in [-0.2, -0.15) is 0 Å². The van der Waals surface area contributed by atoms with Crippen molar-refractivity contribution in [2.24, 2.45) is 0 Å². The Hall–Kier alpha value is -1.80. The molecule has 0 radical (unpaired) electrons. The molecule has 0 aliphatic rings. The fourth-order valence-electron chi connectivity index (χ4n) is 1.31. The van der Waals surface area contributed by atoms with E-state index in [1.807, 2.05) is 5.38 Å². The van der Waals surface area contributed by atoms with Gasteiger partial charge >= 0.3 is 5.69 Å². The zero-order valence-electron chi connectivity index (χ0n) is 9.04. The van der Waals surface area contributed by atoms with Crippen molar-refractivity contribution in [3.05, 3.63) is 38.2 Å². The van der Waals surface area contributed by atoms with Crippen molar-refractivity contribution in [1.29, 1.82) is 0 Å². The summed E-state index contributed by atoms with van der Waals surface area (Å²) in [6.07, 6.45) is 3.56. The van der Waals surface area contributed by atoms with Gasteiger partial charge < -0.3 is 5.32 Å². The number of halogens is 1. The minimum Gasteiger partial charge on any atom is -0.364 e. The molecule has 0 unspecified atom stereocenters. The van der Waals surface area contributed by atoms with Crippen LogP contribution in [-0.2, 0) is 6.42 Å². The molecule has 94 valence electrons. The van der Waals surface area contributed by atoms with Gasteiger partial charge in [-0.15, -0.1) is 11.3 Å². The molecule has 0 fully saturated rings. The van der Waals surface area contributed by atoms with Gasteiger partial charge in [-0.05, 0) is 0 Å². The summed E-state index contributed by atoms with van der Waals surface area (Å²) in [5.74, 6) is 0.122. The summed E-state index contributed by atoms with van der Waals surface area (Å²) in [5, 5.41) is 16.3. The number of nitrogens with one attached hydrogen (secondary N) is 1. The van der Waals surface area contributed by atoms with Crippen LogP contribution in [0.1, 0.15) is 5.01 Å². The second-order valence-corrected chi connectivity index (χ2v) is 4.56. The SMILES string of the molecule is O=[N+]([O-])c1c(Cl)ncnc1NCCc1nccs1. The van der Waals surface area contributed by atoms with E-state index in [2.05, 4.69) is 20.3 Å². The van der Waals surface area contributed by atoms with Crippen LogP contribution < -0.4 is 5.32 Å². The topological polar surface area (TPSA) is 93.8 Å². The zero-order chi connectivity index (χ0) is 13.0. The monoisotopic (exact) mass is 285 g/mol. The molecule has 2 heterocycles. The Bertz CT molecular complexity index is 548. The maximum atomic E-state index is 10.8. The third-order valence-electron chi connectivity index (χ3n) is 2.07. The lowest BCUT2D eigenvalue weighted by Gasteiger charge is -2.04. The molecule has 0 bridgehead atoms. The van der Waals surface area contributed by atoms with Crippen LogP contribution in [0.4, 0.5) is 11.5 Å². The molecule has 18 heavy (non-hydrogen) atoms. The van der Waals surface area contributed by atoms with Gasteiger partial charge in [0.15, 0.2) is 0 Å². The zero-order valence-corrected chi connectivity index (χ0v) is 10.6. The Morgan fingerprint density at radius 1 is 1.44 bits per heavy atom. The molecule has 2 aromatic heterocycles. The van der Waals surface area contributed by atoms with Crippen LogP contribution >= 0.6 is 22.9 Å². The van der Waals surface area contributed by atoms with E-state index in [0.717, 1.165) is 5.01 Å². The van der Waals surface area contributed by atoms with Crippen LogP contribution in [0.2, 0.25) is 5.15 Å². The van der Waals surface area contributed by atoms with Crippen LogP contribution in [0.5, 0.6) is 0 Å². The summed E-state index contributed by atoms with van der Waals surface area (Å²) in [7, 11) is 0. The van der Waals surface area contributed by atoms with E-state index in [-0.39, 0.29) is 16.7 Å². The highest BCUT2D eigenvalue weighted by atomic mass is 35.5. The summed E-state index contributed by atoms with van der Waals surface area (Å²) in [6.45, 7) is 0.488. The first-order valence-corrected chi connectivity index (χ1v) is 6.21. The number of anilines is 1. The Balaban J connectivity index is 2.05. The molecule has 0 spiro atoms. The van der Waals surface area contributed by atoms with Crippen molar-refractivity contribution in [2.45, 2.75) is 6.42 Å². The number of nitrogens with zero attached hydrogens (tertiary/aromatic N) is 4. The summed E-state index contributed by atoms with van der Waals surface area (Å²) in [6, 6.07) is 0. The summed E-state index contributed by atoms with van der Waals surface area (Å²) >= 11 is 7.19. The molecule has 7 nitrogen and oxygen atoms in total. The Kier molecular flexibility index (Phi) is 4.00. The first kappa shape index (κ1) is 12.7. The second kappa shape index (κ2) is 5.69. The highest BCUT2D eigenvalue weighted by molar-refractivity contribution is 7.09. The first-order chi connectivity index (χ1) is 8.68. The van der Waals surface area contributed by atoms with Crippen LogP contribution in [0.3, 0.4) is 0 Å². The Morgan fingerprint density at radius 3 is 2.94 bits per heavy atom. The average Bonchev–Trinajstić information content (AvgIpc) is 2.81. The predicted octanol–water partition coefficient (Wildman–Crippen LogP) is 2.15. The molecule has 0 amide bonds. The van der Waals surface area contributed by atoms with E-state index in [9.17, 15) is 10.1 Å². The molecule has 0 saturated carbocycles. The molecule has 1 N–H and O–H groups in total. The van der Waals surface area contributed by atoms with Crippen LogP contribution in [0.25, 0.3) is 0 Å². The maximum absolute atomic E-state index is 10.8. The predicted molar refractivity (Wildman–Crippen MR) is 68.0 cm³/mol. The van der Waals surface area contributed by atoms with Gasteiger partial charge in [0.05, 0.1) is 9.93 Å². The largest absolute Gasteiger partial charge is 0.364 e. The van der Waals surface area contributed by atoms with Crippen molar-refractivity contribution in [2.75, 3.05) is 11.9 Å². The van der Waals surface area contributed by atoms with E-state index in [1.54, 1.807) is 6.20 Å². The fraction of sp³-hybridized carbons (Fsp3) is 0.222. The lowest BCUT2D eigenvalue weighted by molar-refractivity contribution is -0.384. The highest BCUT2D eigenvalue weighted by Crippen LogP contribution is 2.28. The second-order valence-electron chi connectivity index (χ2n) is 3.22. The van der Waals surface area contributed by atoms with Crippen molar-refractivity contribution < 1.29 is 4.92 Å². The van der Waals surface area contributed by atoms with Gasteiger partial charge in [0.25, 0.3) is 0 Å². The minimum absolute atomic E-state index is 0.122. The average molecular weight is 286 g/mol. The molecule has 2 aromatic rings. The van der Waals surface area contributed by atoms with Gasteiger partial charge in [-0.3, -0.25) is 10.1 Å². The molecule has 0 saturated heterocycles. The number of aromatic nitrogens is 3. The molecule has 0 aromatic carbocycles. The number of hydrogen-bond acceptors (Lipinski definition) is 7. The van der Waals surface area contributed by atoms with Crippen molar-refractivity contribution in [3.8, 4) is 0 Å². The standard InChI is InChI=1S/C9H8ClN5O2S/c10-8-7(15(16)17)9(14-5-13-8)12-2-1-6-11-3-4-18-6/h3-5H,1-2H2,(H,12,13,14). The van der Waals surface area contributed by atoms with Gasteiger partial charge in [0.2, 0.25) is 11.0 Å². The number of hydrogen-bond donors (Lipinski definition) is 1. The molecule has 0 aliphatic heterocycles. The number of nitro groups is 1. The molecule has 9 heteroatoms. The van der Waals surface area contributed by atoms with Gasteiger partial charge in [0.1, 0.15) is 6.33 Å². The van der Waals surface area contributed by atoms with E-state index >= 15 is 0 Å². The van der Waals surface area contributed by atoms with Crippen molar-refractivity contribution in [3.63, 3.8) is 0 Å². The van der Waals surface area contributed by atoms with Crippen LogP contribution in [0, 0.1) is 10.1 Å². The van der Waals surface area contributed by atoms with Crippen LogP contribution in [-0.4, -0.2) is 26.4 Å². The van der Waals surface area contributed by atoms with Crippen LogP contribution in [0.15, 0.2) is 17.9 Å². The smallest absolute Gasteiger partial charge is 0.348 e. The molecule has 0 aliphatic carbocycles. The van der Waals surface area contributed by atoms with Crippen molar-refractivity contribution in [1.82, 2.24) is 15.0 Å². The first-order valence-electron chi connectivity index (χ1n) is 4.95. The minimum atomic E-state index is -0.603. The Labute approximate surface area is 111 Å². The van der Waals surface area contributed by atoms with Gasteiger partial charge in [0, 0.05) is 24.5 Å². The molecule has 0 atom stereocenters. The Morgan fingerprint density at radius 2 is 2.28 bits per heavy atom. The summed E-state index contributed by atoms with van der Waals surface area (Å²) in [4.78, 5) is 21.7. The summed E-state index contributed by atoms with van der Waals surface area (Å²) < 4.78 is 0. The quantitative estimate of drug-likeness (QED) is 0.514. The number of thiazole rings is 1. The third kappa shape index (κ3) is 2.90. The van der Waals surface area contributed by atoms with Gasteiger partial charge in [-0.1, -0.05) is 11.6 Å². The van der Waals surface area contributed by atoms with E-state index < -0.39 is 4.92 Å². The van der Waals surface area contributed by atoms with E-state index in [1.165, 1.54) is 17.7 Å². The van der Waals surface area contributed by atoms with Crippen molar-refractivity contribution >= 4 is 34.4 Å². The van der Waals surface area contributed by atoms with Gasteiger partial charge in [-0.25, -0.2) is 15.0 Å². The lowest BCUT2D eigenvalue weighted by atomic mass is 10.4. The van der Waals surface area contributed by atoms with E-state index in [4.69, 9.17) is 11.6 Å². The lowest BCUT2D eigenvalue weighted by Crippen LogP contribution is -2.09. The normalized spacial score (nSPS) is 10.3. The molecular weight excluding hydrogens is 278 g/mol. The fourth-order valence-corrected chi connectivity index (χ4v) is 2.14. The van der Waals surface area contributed by atoms with E-state index in [0.29, 0.717) is 13.0 Å². The molecule has 2 rings (SSSR count). The summed E-state index contributed by atoms with van der Waals surface area (Å²) in [5.41, 5.74) is -0.307. The third-order valence-corrected chi connectivity index (χ3v) is 3.19. The highest BCUT2D eigenvalue weighted by Gasteiger charge is 2.20. The molecular formula is C9H8ClN5O2S. The maximum Gasteiger partial charge on any atom is 0.348 e.